The molecule has 0 aromatic heterocycles. The van der Waals surface area contributed by atoms with Gasteiger partial charge < -0.3 is 19.9 Å². The van der Waals surface area contributed by atoms with Gasteiger partial charge in [-0.25, -0.2) is 0 Å². The van der Waals surface area contributed by atoms with Crippen molar-refractivity contribution in [2.45, 2.75) is 70.9 Å². The van der Waals surface area contributed by atoms with Gasteiger partial charge in [-0.1, -0.05) is 48.7 Å². The number of carbonyl (C=O) groups excluding carboxylic acids is 2. The Morgan fingerprint density at radius 1 is 1.03 bits per heavy atom. The first-order chi connectivity index (χ1) is 18.0. The minimum atomic E-state index is -0.589. The van der Waals surface area contributed by atoms with Crippen LogP contribution >= 0.6 is 0 Å². The molecule has 198 valence electrons. The number of likely N-dealkylation sites (tertiary alicyclic amines) is 1. The van der Waals surface area contributed by atoms with E-state index in [4.69, 9.17) is 4.74 Å². The number of rotatable bonds is 8. The third-order valence-corrected chi connectivity index (χ3v) is 8.30. The fourth-order valence-corrected chi connectivity index (χ4v) is 6.26. The van der Waals surface area contributed by atoms with Crippen molar-refractivity contribution in [2.75, 3.05) is 32.7 Å². The van der Waals surface area contributed by atoms with Crippen LogP contribution < -0.4 is 10.1 Å². The highest BCUT2D eigenvalue weighted by molar-refractivity contribution is 5.81. The fraction of sp³-hybridized carbons (Fsp3) is 0.548. The second-order valence-electron chi connectivity index (χ2n) is 11.0. The predicted molar refractivity (Wildman–Crippen MR) is 146 cm³/mol. The SMILES string of the molecule is Cc1cccc([C@@H]2c3cc(O[C@@H](C)C(=O)NCCN4CCCC4)ccc3CCN2C(=O)C2CCCC2)c1. The van der Waals surface area contributed by atoms with Crippen LogP contribution in [-0.4, -0.2) is 60.4 Å². The summed E-state index contributed by atoms with van der Waals surface area (Å²) in [6.45, 7) is 8.42. The molecule has 2 atom stereocenters. The molecule has 3 aliphatic rings. The summed E-state index contributed by atoms with van der Waals surface area (Å²) < 4.78 is 6.14. The average Bonchev–Trinajstić information content (AvgIpc) is 3.62. The van der Waals surface area contributed by atoms with E-state index in [-0.39, 0.29) is 23.8 Å². The Morgan fingerprint density at radius 3 is 2.57 bits per heavy atom. The van der Waals surface area contributed by atoms with Crippen molar-refractivity contribution in [3.05, 3.63) is 64.7 Å². The standard InChI is InChI=1S/C31H41N3O3/c1-22-8-7-11-26(20-22)29-28-21-27(37-23(2)30(35)32-15-19-33-16-5-6-17-33)13-12-24(28)14-18-34(29)31(36)25-9-3-4-10-25/h7-8,11-13,20-21,23,25,29H,3-6,9-10,14-19H2,1-2H3,(H,32,35)/t23-,29+/m0/s1. The maximum atomic E-state index is 13.7. The van der Waals surface area contributed by atoms with Gasteiger partial charge in [-0.05, 0) is 87.9 Å². The van der Waals surface area contributed by atoms with E-state index in [0.717, 1.165) is 69.4 Å². The van der Waals surface area contributed by atoms with E-state index >= 15 is 0 Å². The smallest absolute Gasteiger partial charge is 0.260 e. The van der Waals surface area contributed by atoms with Gasteiger partial charge in [-0.15, -0.1) is 0 Å². The van der Waals surface area contributed by atoms with Gasteiger partial charge in [-0.3, -0.25) is 9.59 Å². The summed E-state index contributed by atoms with van der Waals surface area (Å²) in [5.41, 5.74) is 4.68. The monoisotopic (exact) mass is 503 g/mol. The Bertz CT molecular complexity index is 1100. The number of aryl methyl sites for hydroxylation is 1. The Morgan fingerprint density at radius 2 is 1.81 bits per heavy atom. The van der Waals surface area contributed by atoms with E-state index in [0.29, 0.717) is 12.3 Å². The van der Waals surface area contributed by atoms with Gasteiger partial charge in [0.2, 0.25) is 5.91 Å². The van der Waals surface area contributed by atoms with Gasteiger partial charge in [0.15, 0.2) is 6.10 Å². The number of amides is 2. The van der Waals surface area contributed by atoms with Crippen LogP contribution in [0.15, 0.2) is 42.5 Å². The molecule has 1 saturated carbocycles. The molecule has 2 aromatic rings. The molecule has 0 unspecified atom stereocenters. The first-order valence-corrected chi connectivity index (χ1v) is 14.2. The summed E-state index contributed by atoms with van der Waals surface area (Å²) in [5.74, 6) is 1.00. The van der Waals surface area contributed by atoms with Gasteiger partial charge in [0, 0.05) is 25.6 Å². The quantitative estimate of drug-likeness (QED) is 0.570. The van der Waals surface area contributed by atoms with Crippen molar-refractivity contribution in [3.63, 3.8) is 0 Å². The second-order valence-corrected chi connectivity index (χ2v) is 11.0. The molecule has 1 saturated heterocycles. The molecule has 6 heteroatoms. The number of hydrogen-bond donors (Lipinski definition) is 1. The maximum Gasteiger partial charge on any atom is 0.260 e. The Labute approximate surface area is 221 Å². The van der Waals surface area contributed by atoms with E-state index < -0.39 is 6.10 Å². The third kappa shape index (κ3) is 6.01. The van der Waals surface area contributed by atoms with E-state index in [2.05, 4.69) is 58.4 Å². The predicted octanol–water partition coefficient (Wildman–Crippen LogP) is 4.64. The lowest BCUT2D eigenvalue weighted by Crippen LogP contribution is -2.43. The summed E-state index contributed by atoms with van der Waals surface area (Å²) >= 11 is 0. The summed E-state index contributed by atoms with van der Waals surface area (Å²) in [5, 5.41) is 3.03. The number of carbonyl (C=O) groups is 2. The number of nitrogens with zero attached hydrogens (tertiary/aromatic N) is 2. The number of benzene rings is 2. The van der Waals surface area contributed by atoms with E-state index in [1.165, 1.54) is 24.0 Å². The summed E-state index contributed by atoms with van der Waals surface area (Å²) in [6.07, 6.45) is 7.03. The van der Waals surface area contributed by atoms with E-state index in [9.17, 15) is 9.59 Å². The number of nitrogens with one attached hydrogen (secondary N) is 1. The molecule has 2 aliphatic heterocycles. The Kier molecular flexibility index (Phi) is 8.14. The topological polar surface area (TPSA) is 61.9 Å². The van der Waals surface area contributed by atoms with Crippen LogP contribution in [-0.2, 0) is 16.0 Å². The van der Waals surface area contributed by atoms with Crippen molar-refractivity contribution >= 4 is 11.8 Å². The van der Waals surface area contributed by atoms with Crippen LogP contribution in [0.3, 0.4) is 0 Å². The average molecular weight is 504 g/mol. The number of fused-ring (bicyclic) bond motifs is 1. The number of ether oxygens (including phenoxy) is 1. The largest absolute Gasteiger partial charge is 0.481 e. The van der Waals surface area contributed by atoms with Crippen molar-refractivity contribution in [3.8, 4) is 5.75 Å². The third-order valence-electron chi connectivity index (χ3n) is 8.30. The molecule has 2 aromatic carbocycles. The van der Waals surface area contributed by atoms with E-state index in [1.54, 1.807) is 6.92 Å². The van der Waals surface area contributed by atoms with Crippen LogP contribution in [0.4, 0.5) is 0 Å². The first kappa shape index (κ1) is 25.8. The van der Waals surface area contributed by atoms with E-state index in [1.807, 2.05) is 6.07 Å². The zero-order valence-corrected chi connectivity index (χ0v) is 22.4. The highest BCUT2D eigenvalue weighted by Gasteiger charge is 2.36. The maximum absolute atomic E-state index is 13.7. The Hall–Kier alpha value is -2.86. The normalized spacial score (nSPS) is 21.0. The fourth-order valence-electron chi connectivity index (χ4n) is 6.26. The first-order valence-electron chi connectivity index (χ1n) is 14.2. The van der Waals surface area contributed by atoms with Gasteiger partial charge in [-0.2, -0.15) is 0 Å². The summed E-state index contributed by atoms with van der Waals surface area (Å²) in [4.78, 5) is 30.9. The highest BCUT2D eigenvalue weighted by Crippen LogP contribution is 2.40. The van der Waals surface area contributed by atoms with Crippen LogP contribution in [0.1, 0.15) is 73.7 Å². The molecule has 6 nitrogen and oxygen atoms in total. The summed E-state index contributed by atoms with van der Waals surface area (Å²) in [6, 6.07) is 14.5. The van der Waals surface area contributed by atoms with Crippen LogP contribution in [0.2, 0.25) is 0 Å². The van der Waals surface area contributed by atoms with Gasteiger partial charge in [0.25, 0.3) is 5.91 Å². The lowest BCUT2D eigenvalue weighted by molar-refractivity contribution is -0.137. The molecule has 1 N–H and O–H groups in total. The molecule has 37 heavy (non-hydrogen) atoms. The zero-order chi connectivity index (χ0) is 25.8. The van der Waals surface area contributed by atoms with Gasteiger partial charge >= 0.3 is 0 Å². The lowest BCUT2D eigenvalue weighted by atomic mass is 9.86. The van der Waals surface area contributed by atoms with Crippen molar-refractivity contribution < 1.29 is 14.3 Å². The zero-order valence-electron chi connectivity index (χ0n) is 22.4. The van der Waals surface area contributed by atoms with Gasteiger partial charge in [0.05, 0.1) is 6.04 Å². The molecule has 0 bridgehead atoms. The highest BCUT2D eigenvalue weighted by atomic mass is 16.5. The molecule has 0 spiro atoms. The van der Waals surface area contributed by atoms with Gasteiger partial charge in [0.1, 0.15) is 5.75 Å². The minimum absolute atomic E-state index is 0.0924. The molecule has 2 amide bonds. The van der Waals surface area contributed by atoms with Crippen molar-refractivity contribution in [1.29, 1.82) is 0 Å². The van der Waals surface area contributed by atoms with Crippen LogP contribution in [0.25, 0.3) is 0 Å². The number of hydrogen-bond acceptors (Lipinski definition) is 4. The molecule has 1 aliphatic carbocycles. The lowest BCUT2D eigenvalue weighted by Gasteiger charge is -2.39. The molecular weight excluding hydrogens is 462 g/mol. The van der Waals surface area contributed by atoms with Crippen LogP contribution in [0.5, 0.6) is 5.75 Å². The summed E-state index contributed by atoms with van der Waals surface area (Å²) in [7, 11) is 0. The Balaban J connectivity index is 1.34. The molecule has 2 heterocycles. The second kappa shape index (κ2) is 11.7. The minimum Gasteiger partial charge on any atom is -0.481 e. The van der Waals surface area contributed by atoms with Crippen LogP contribution in [0, 0.1) is 12.8 Å². The molecule has 2 fully saturated rings. The van der Waals surface area contributed by atoms with Crippen molar-refractivity contribution in [1.82, 2.24) is 15.1 Å². The molecule has 0 radical (unpaired) electrons. The molecular formula is C31H41N3O3. The van der Waals surface area contributed by atoms with Crippen molar-refractivity contribution in [2.24, 2.45) is 5.92 Å². The molecule has 5 rings (SSSR count).